The second-order valence-corrected chi connectivity index (χ2v) is 7.31. The van der Waals surface area contributed by atoms with Gasteiger partial charge in [-0.15, -0.1) is 0 Å². The summed E-state index contributed by atoms with van der Waals surface area (Å²) >= 11 is 0. The molecule has 1 heterocycles. The van der Waals surface area contributed by atoms with E-state index >= 15 is 0 Å². The second kappa shape index (κ2) is 8.17. The number of nitrogens with zero attached hydrogens (tertiary/aromatic N) is 2. The molecule has 1 rings (SSSR count). The first-order valence-corrected chi connectivity index (χ1v) is 8.63. The van der Waals surface area contributed by atoms with Gasteiger partial charge in [0.15, 0.2) is 0 Å². The Morgan fingerprint density at radius 3 is 1.90 bits per heavy atom. The molecule has 0 N–H and O–H groups in total. The molecule has 0 aromatic rings. The SMILES string of the molecule is CC.CCCCN(C(C)=O)C1CC(C)(C)N(C)C(C)(C)C1. The number of carbonyl (C=O) groups excluding carboxylic acids is 1. The van der Waals surface area contributed by atoms with Gasteiger partial charge in [-0.25, -0.2) is 0 Å². The average Bonchev–Trinajstić information content (AvgIpc) is 2.38. The molecule has 1 aliphatic heterocycles. The molecule has 0 unspecified atom stereocenters. The van der Waals surface area contributed by atoms with E-state index in [4.69, 9.17) is 0 Å². The van der Waals surface area contributed by atoms with Gasteiger partial charge < -0.3 is 4.90 Å². The molecule has 0 atom stereocenters. The molecular weight excluding hydrogens is 260 g/mol. The minimum Gasteiger partial charge on any atom is -0.340 e. The zero-order chi connectivity index (χ0) is 16.8. The maximum Gasteiger partial charge on any atom is 0.219 e. The normalized spacial score (nSPS) is 21.4. The first kappa shape index (κ1) is 20.4. The molecule has 3 heteroatoms. The van der Waals surface area contributed by atoms with Gasteiger partial charge in [0.1, 0.15) is 0 Å². The van der Waals surface area contributed by atoms with Gasteiger partial charge in [-0.1, -0.05) is 27.2 Å². The van der Waals surface area contributed by atoms with Gasteiger partial charge in [-0.05, 0) is 54.0 Å². The lowest BCUT2D eigenvalue weighted by atomic mass is 9.77. The third-order valence-corrected chi connectivity index (χ3v) is 4.88. The van der Waals surface area contributed by atoms with Gasteiger partial charge in [-0.2, -0.15) is 0 Å². The maximum absolute atomic E-state index is 12.0. The molecular formula is C18H38N2O. The molecule has 0 aliphatic carbocycles. The summed E-state index contributed by atoms with van der Waals surface area (Å²) in [5.41, 5.74) is 0.290. The van der Waals surface area contributed by atoms with Crippen LogP contribution in [-0.2, 0) is 4.79 Å². The Bertz CT molecular complexity index is 305. The Morgan fingerprint density at radius 1 is 1.14 bits per heavy atom. The lowest BCUT2D eigenvalue weighted by molar-refractivity contribution is -0.136. The van der Waals surface area contributed by atoms with E-state index in [0.717, 1.165) is 32.2 Å². The van der Waals surface area contributed by atoms with Gasteiger partial charge in [-0.3, -0.25) is 9.69 Å². The first-order chi connectivity index (χ1) is 9.62. The molecule has 1 amide bonds. The van der Waals surface area contributed by atoms with E-state index < -0.39 is 0 Å². The van der Waals surface area contributed by atoms with E-state index in [1.54, 1.807) is 6.92 Å². The van der Waals surface area contributed by atoms with Crippen molar-refractivity contribution in [3.63, 3.8) is 0 Å². The van der Waals surface area contributed by atoms with E-state index in [1.807, 2.05) is 13.8 Å². The van der Waals surface area contributed by atoms with Crippen molar-refractivity contribution in [1.82, 2.24) is 9.80 Å². The molecule has 0 saturated carbocycles. The van der Waals surface area contributed by atoms with Crippen molar-refractivity contribution < 1.29 is 4.79 Å². The van der Waals surface area contributed by atoms with Crippen molar-refractivity contribution in [2.45, 2.75) is 98.2 Å². The summed E-state index contributed by atoms with van der Waals surface area (Å²) in [6.07, 6.45) is 4.38. The van der Waals surface area contributed by atoms with Crippen molar-refractivity contribution in [3.05, 3.63) is 0 Å². The average molecular weight is 299 g/mol. The third-order valence-electron chi connectivity index (χ3n) is 4.88. The number of piperidine rings is 1. The predicted molar refractivity (Wildman–Crippen MR) is 92.6 cm³/mol. The van der Waals surface area contributed by atoms with Crippen LogP contribution in [0, 0.1) is 0 Å². The van der Waals surface area contributed by atoms with Gasteiger partial charge in [0.25, 0.3) is 0 Å². The first-order valence-electron chi connectivity index (χ1n) is 8.63. The van der Waals surface area contributed by atoms with Crippen molar-refractivity contribution >= 4 is 5.91 Å². The van der Waals surface area contributed by atoms with Crippen LogP contribution in [0.25, 0.3) is 0 Å². The Kier molecular flexibility index (Phi) is 7.94. The molecule has 0 aromatic carbocycles. The second-order valence-electron chi connectivity index (χ2n) is 7.31. The van der Waals surface area contributed by atoms with E-state index in [-0.39, 0.29) is 17.0 Å². The molecule has 0 aromatic heterocycles. The highest BCUT2D eigenvalue weighted by atomic mass is 16.2. The van der Waals surface area contributed by atoms with E-state index in [2.05, 4.69) is 51.5 Å². The van der Waals surface area contributed by atoms with Crippen LogP contribution in [0.4, 0.5) is 0 Å². The molecule has 1 saturated heterocycles. The largest absolute Gasteiger partial charge is 0.340 e. The summed E-state index contributed by atoms with van der Waals surface area (Å²) in [7, 11) is 2.21. The monoisotopic (exact) mass is 298 g/mol. The van der Waals surface area contributed by atoms with Crippen LogP contribution in [0.15, 0.2) is 0 Å². The number of unbranched alkanes of at least 4 members (excludes halogenated alkanes) is 1. The highest BCUT2D eigenvalue weighted by Crippen LogP contribution is 2.38. The standard InChI is InChI=1S/C16H32N2O.C2H6/c1-8-9-10-18(13(2)19)14-11-15(3,4)17(7)16(5,6)12-14;1-2/h14H,8-12H2,1-7H3;1-2H3. The number of likely N-dealkylation sites (tertiary alicyclic amines) is 1. The number of hydrogen-bond acceptors (Lipinski definition) is 2. The van der Waals surface area contributed by atoms with E-state index in [1.165, 1.54) is 0 Å². The Balaban J connectivity index is 0.00000191. The van der Waals surface area contributed by atoms with Crippen molar-refractivity contribution in [1.29, 1.82) is 0 Å². The zero-order valence-electron chi connectivity index (χ0n) is 15.9. The van der Waals surface area contributed by atoms with Gasteiger partial charge >= 0.3 is 0 Å². The smallest absolute Gasteiger partial charge is 0.219 e. The predicted octanol–water partition coefficient (Wildman–Crippen LogP) is 4.31. The third kappa shape index (κ3) is 5.28. The fourth-order valence-electron chi connectivity index (χ4n) is 3.46. The molecule has 0 radical (unpaired) electrons. The summed E-state index contributed by atoms with van der Waals surface area (Å²) in [6, 6.07) is 0.380. The van der Waals surface area contributed by atoms with Crippen molar-refractivity contribution in [2.75, 3.05) is 13.6 Å². The summed E-state index contributed by atoms with van der Waals surface area (Å²) in [5, 5.41) is 0. The Morgan fingerprint density at radius 2 is 1.57 bits per heavy atom. The maximum atomic E-state index is 12.0. The molecule has 126 valence electrons. The van der Waals surface area contributed by atoms with Crippen LogP contribution in [0.5, 0.6) is 0 Å². The molecule has 1 fully saturated rings. The molecule has 0 bridgehead atoms. The lowest BCUT2D eigenvalue weighted by Gasteiger charge is -2.55. The summed E-state index contributed by atoms with van der Waals surface area (Å²) in [4.78, 5) is 16.5. The Labute approximate surface area is 133 Å². The van der Waals surface area contributed by atoms with E-state index in [0.29, 0.717) is 6.04 Å². The highest BCUT2D eigenvalue weighted by molar-refractivity contribution is 5.73. The van der Waals surface area contributed by atoms with Crippen LogP contribution in [0.1, 0.15) is 81.1 Å². The van der Waals surface area contributed by atoms with Crippen LogP contribution < -0.4 is 0 Å². The van der Waals surface area contributed by atoms with Crippen molar-refractivity contribution in [2.24, 2.45) is 0 Å². The van der Waals surface area contributed by atoms with Crippen molar-refractivity contribution in [3.8, 4) is 0 Å². The molecule has 21 heavy (non-hydrogen) atoms. The minimum absolute atomic E-state index is 0.145. The number of amides is 1. The summed E-state index contributed by atoms with van der Waals surface area (Å²) < 4.78 is 0. The highest BCUT2D eigenvalue weighted by Gasteiger charge is 2.44. The fraction of sp³-hybridized carbons (Fsp3) is 0.944. The molecule has 1 aliphatic rings. The summed E-state index contributed by atoms with van der Waals surface area (Å²) in [5.74, 6) is 0.231. The number of carbonyl (C=O) groups is 1. The fourth-order valence-corrected chi connectivity index (χ4v) is 3.46. The summed E-state index contributed by atoms with van der Waals surface area (Å²) in [6.45, 7) is 18.0. The number of hydrogen-bond donors (Lipinski definition) is 0. The Hall–Kier alpha value is -0.570. The van der Waals surface area contributed by atoms with E-state index in [9.17, 15) is 4.79 Å². The molecule has 3 nitrogen and oxygen atoms in total. The van der Waals surface area contributed by atoms with Crippen LogP contribution in [-0.4, -0.2) is 46.4 Å². The quantitative estimate of drug-likeness (QED) is 0.772. The van der Waals surface area contributed by atoms with Gasteiger partial charge in [0.05, 0.1) is 0 Å². The zero-order valence-corrected chi connectivity index (χ0v) is 15.9. The van der Waals surface area contributed by atoms with Crippen LogP contribution in [0.2, 0.25) is 0 Å². The molecule has 0 spiro atoms. The number of rotatable bonds is 4. The topological polar surface area (TPSA) is 23.6 Å². The minimum atomic E-state index is 0.145. The van der Waals surface area contributed by atoms with Gasteiger partial charge in [0, 0.05) is 30.6 Å². The van der Waals surface area contributed by atoms with Gasteiger partial charge in [0.2, 0.25) is 5.91 Å². The lowest BCUT2D eigenvalue weighted by Crippen LogP contribution is -2.63. The van der Waals surface area contributed by atoms with Crippen LogP contribution >= 0.6 is 0 Å². The van der Waals surface area contributed by atoms with Crippen LogP contribution in [0.3, 0.4) is 0 Å².